The molecule has 4 atom stereocenters. The van der Waals surface area contributed by atoms with Crippen LogP contribution in [0.4, 0.5) is 0 Å². The number of carbonyl (C=O) groups is 2. The van der Waals surface area contributed by atoms with Gasteiger partial charge < -0.3 is 25.7 Å². The second-order valence-electron chi connectivity index (χ2n) is 7.71. The number of ether oxygens (including phenoxy) is 1. The van der Waals surface area contributed by atoms with Crippen LogP contribution in [0, 0.1) is 5.92 Å². The zero-order valence-corrected chi connectivity index (χ0v) is 16.8. The van der Waals surface area contributed by atoms with Crippen LogP contribution in [0.5, 0.6) is 0 Å². The molecule has 0 saturated carbocycles. The minimum Gasteiger partial charge on any atom is -0.379 e. The summed E-state index contributed by atoms with van der Waals surface area (Å²) in [5.74, 6) is -1.14. The molecule has 1 aromatic heterocycles. The summed E-state index contributed by atoms with van der Waals surface area (Å²) in [5.41, 5.74) is 7.54. The maximum absolute atomic E-state index is 12.9. The highest BCUT2D eigenvalue weighted by molar-refractivity contribution is 5.89. The Labute approximate surface area is 165 Å². The lowest BCUT2D eigenvalue weighted by atomic mass is 9.94. The average Bonchev–Trinajstić information content (AvgIpc) is 3.28. The number of likely N-dealkylation sites (N-methyl/N-ethyl adjacent to an activating group) is 1. The third-order valence-electron chi connectivity index (χ3n) is 5.89. The number of methoxy groups -OCH3 is 1. The van der Waals surface area contributed by atoms with Crippen LogP contribution < -0.4 is 11.1 Å². The summed E-state index contributed by atoms with van der Waals surface area (Å²) in [6.45, 7) is 2.85. The molecular formula is C21H30N4O3. The van der Waals surface area contributed by atoms with Crippen molar-refractivity contribution in [3.05, 3.63) is 36.0 Å². The Hall–Kier alpha value is -2.38. The normalized spacial score (nSPS) is 20.8. The Morgan fingerprint density at radius 1 is 1.39 bits per heavy atom. The van der Waals surface area contributed by atoms with Gasteiger partial charge >= 0.3 is 0 Å². The molecule has 3 rings (SSSR count). The lowest BCUT2D eigenvalue weighted by molar-refractivity contribution is -0.134. The van der Waals surface area contributed by atoms with Crippen LogP contribution in [-0.4, -0.2) is 60.6 Å². The molecule has 1 aliphatic heterocycles. The summed E-state index contributed by atoms with van der Waals surface area (Å²) < 4.78 is 5.67. The zero-order valence-electron chi connectivity index (χ0n) is 16.8. The summed E-state index contributed by atoms with van der Waals surface area (Å²) in [4.78, 5) is 30.3. The molecule has 1 fully saturated rings. The molecule has 7 heteroatoms. The molecule has 2 heterocycles. The predicted molar refractivity (Wildman–Crippen MR) is 109 cm³/mol. The van der Waals surface area contributed by atoms with Crippen LogP contribution in [0.3, 0.4) is 0 Å². The van der Waals surface area contributed by atoms with Crippen LogP contribution in [0.2, 0.25) is 0 Å². The minimum atomic E-state index is -0.770. The number of nitrogens with two attached hydrogens (primary N) is 1. The second kappa shape index (κ2) is 8.75. The van der Waals surface area contributed by atoms with Crippen molar-refractivity contribution in [1.82, 2.24) is 15.2 Å². The van der Waals surface area contributed by atoms with Gasteiger partial charge in [-0.05, 0) is 38.1 Å². The smallest absolute Gasteiger partial charge is 0.240 e. The molecule has 28 heavy (non-hydrogen) atoms. The van der Waals surface area contributed by atoms with Crippen molar-refractivity contribution in [3.8, 4) is 0 Å². The fraction of sp³-hybridized carbons (Fsp3) is 0.524. The zero-order chi connectivity index (χ0) is 20.3. The highest BCUT2D eigenvalue weighted by atomic mass is 16.5. The fourth-order valence-electron chi connectivity index (χ4n) is 4.24. The van der Waals surface area contributed by atoms with Crippen LogP contribution in [0.25, 0.3) is 10.9 Å². The van der Waals surface area contributed by atoms with Crippen molar-refractivity contribution < 1.29 is 14.3 Å². The molecule has 1 aromatic carbocycles. The number of rotatable bonds is 8. The van der Waals surface area contributed by atoms with E-state index in [0.29, 0.717) is 6.42 Å². The molecule has 152 valence electrons. The molecule has 4 N–H and O–H groups in total. The largest absolute Gasteiger partial charge is 0.379 e. The Morgan fingerprint density at radius 3 is 2.79 bits per heavy atom. The topological polar surface area (TPSA) is 100 Å². The molecule has 0 bridgehead atoms. The molecule has 2 amide bonds. The highest BCUT2D eigenvalue weighted by Gasteiger charge is 2.37. The first kappa shape index (κ1) is 20.4. The number of likely N-dealkylation sites (tertiary alicyclic amines) is 1. The van der Waals surface area contributed by atoms with E-state index >= 15 is 0 Å². The van der Waals surface area contributed by atoms with E-state index < -0.39 is 11.9 Å². The molecule has 2 aromatic rings. The number of amides is 2. The Kier molecular flexibility index (Phi) is 6.36. The maximum atomic E-state index is 12.9. The van der Waals surface area contributed by atoms with E-state index in [0.717, 1.165) is 35.9 Å². The molecule has 0 unspecified atom stereocenters. The lowest BCUT2D eigenvalue weighted by Gasteiger charge is -2.32. The summed E-state index contributed by atoms with van der Waals surface area (Å²) >= 11 is 0. The molecule has 1 saturated heterocycles. The van der Waals surface area contributed by atoms with E-state index in [4.69, 9.17) is 10.5 Å². The van der Waals surface area contributed by atoms with Crippen LogP contribution in [0.15, 0.2) is 30.5 Å². The Bertz CT molecular complexity index is 834. The van der Waals surface area contributed by atoms with Gasteiger partial charge in [-0.2, -0.15) is 0 Å². The lowest BCUT2D eigenvalue weighted by Crippen LogP contribution is -2.52. The highest BCUT2D eigenvalue weighted by Crippen LogP contribution is 2.25. The van der Waals surface area contributed by atoms with Crippen molar-refractivity contribution in [2.45, 2.75) is 44.4 Å². The number of hydrogen-bond donors (Lipinski definition) is 3. The number of primary amides is 1. The fourth-order valence-corrected chi connectivity index (χ4v) is 4.24. The molecule has 7 nitrogen and oxygen atoms in total. The van der Waals surface area contributed by atoms with E-state index in [1.807, 2.05) is 37.4 Å². The first-order valence-electron chi connectivity index (χ1n) is 9.80. The molecule has 0 radical (unpaired) electrons. The van der Waals surface area contributed by atoms with Gasteiger partial charge in [-0.3, -0.25) is 9.59 Å². The first-order chi connectivity index (χ1) is 13.4. The van der Waals surface area contributed by atoms with Crippen molar-refractivity contribution in [2.24, 2.45) is 11.7 Å². The van der Waals surface area contributed by atoms with Gasteiger partial charge in [0.15, 0.2) is 0 Å². The number of aromatic nitrogens is 1. The van der Waals surface area contributed by atoms with E-state index in [2.05, 4.69) is 22.2 Å². The summed E-state index contributed by atoms with van der Waals surface area (Å²) in [5, 5.41) is 3.87. The third-order valence-corrected chi connectivity index (χ3v) is 5.89. The minimum absolute atomic E-state index is 0.200. The van der Waals surface area contributed by atoms with Gasteiger partial charge in [0.2, 0.25) is 11.8 Å². The Morgan fingerprint density at radius 2 is 2.14 bits per heavy atom. The van der Waals surface area contributed by atoms with Gasteiger partial charge in [-0.15, -0.1) is 0 Å². The van der Waals surface area contributed by atoms with E-state index in [-0.39, 0.29) is 24.0 Å². The van der Waals surface area contributed by atoms with E-state index in [9.17, 15) is 9.59 Å². The molecule has 0 spiro atoms. The van der Waals surface area contributed by atoms with Gasteiger partial charge in [-0.25, -0.2) is 0 Å². The average molecular weight is 386 g/mol. The van der Waals surface area contributed by atoms with Crippen LogP contribution in [0.1, 0.15) is 25.3 Å². The monoisotopic (exact) mass is 386 g/mol. The standard InChI is InChI=1S/C21H30N4O3/c1-13(19(28-3)18-9-6-10-25(18)2)21(27)24-17(20(22)26)11-14-12-23-16-8-5-4-7-15(14)16/h4-5,7-8,12-13,17-19,23H,6,9-11H2,1-3H3,(H2,22,26)(H,24,27)/t13-,17+,18+,19-/m1/s1. The SMILES string of the molecule is CO[C@H]([C@@H](C)C(=O)N[C@@H](Cc1c[nH]c2ccccc12)C(N)=O)[C@@H]1CCCN1C. The number of H-pyrrole nitrogens is 1. The molecule has 1 aliphatic rings. The first-order valence-corrected chi connectivity index (χ1v) is 9.80. The summed E-state index contributed by atoms with van der Waals surface area (Å²) in [6.07, 6.45) is 4.08. The molecular weight excluding hydrogens is 356 g/mol. The van der Waals surface area contributed by atoms with E-state index in [1.165, 1.54) is 0 Å². The van der Waals surface area contributed by atoms with Gasteiger partial charge in [0, 0.05) is 36.7 Å². The number of fused-ring (bicyclic) bond motifs is 1. The summed E-state index contributed by atoms with van der Waals surface area (Å²) in [7, 11) is 3.69. The predicted octanol–water partition coefficient (Wildman–Crippen LogP) is 1.43. The van der Waals surface area contributed by atoms with Crippen molar-refractivity contribution >= 4 is 22.7 Å². The quantitative estimate of drug-likeness (QED) is 0.639. The summed E-state index contributed by atoms with van der Waals surface area (Å²) in [6, 6.07) is 7.28. The number of hydrogen-bond acceptors (Lipinski definition) is 4. The van der Waals surface area contributed by atoms with E-state index in [1.54, 1.807) is 7.11 Å². The van der Waals surface area contributed by atoms with Gasteiger partial charge in [0.1, 0.15) is 6.04 Å². The van der Waals surface area contributed by atoms with Gasteiger partial charge in [-0.1, -0.05) is 25.1 Å². The third kappa shape index (κ3) is 4.20. The van der Waals surface area contributed by atoms with Gasteiger partial charge in [0.25, 0.3) is 0 Å². The number of para-hydroxylation sites is 1. The second-order valence-corrected chi connectivity index (χ2v) is 7.71. The number of carbonyl (C=O) groups excluding carboxylic acids is 2. The van der Waals surface area contributed by atoms with Crippen molar-refractivity contribution in [2.75, 3.05) is 20.7 Å². The number of benzene rings is 1. The molecule has 0 aliphatic carbocycles. The number of nitrogens with one attached hydrogen (secondary N) is 2. The number of aromatic amines is 1. The number of nitrogens with zero attached hydrogens (tertiary/aromatic N) is 1. The van der Waals surface area contributed by atoms with Crippen molar-refractivity contribution in [1.29, 1.82) is 0 Å². The van der Waals surface area contributed by atoms with Gasteiger partial charge in [0.05, 0.1) is 12.0 Å². The van der Waals surface area contributed by atoms with Crippen LogP contribution in [-0.2, 0) is 20.7 Å². The van der Waals surface area contributed by atoms with Crippen molar-refractivity contribution in [3.63, 3.8) is 0 Å². The maximum Gasteiger partial charge on any atom is 0.240 e. The Balaban J connectivity index is 1.71. The van der Waals surface area contributed by atoms with Crippen LogP contribution >= 0.6 is 0 Å².